The second-order valence-corrected chi connectivity index (χ2v) is 5.98. The van der Waals surface area contributed by atoms with E-state index in [0.717, 1.165) is 17.9 Å². The van der Waals surface area contributed by atoms with Crippen LogP contribution in [-0.4, -0.2) is 70.7 Å². The zero-order valence-electron chi connectivity index (χ0n) is 14.2. The Kier molecular flexibility index (Phi) is 5.39. The number of pyridine rings is 1. The number of piperazine rings is 1. The molecule has 0 spiro atoms. The number of aromatic nitrogens is 3. The number of aliphatic hydroxyl groups excluding tert-OH is 1. The second-order valence-electron chi connectivity index (χ2n) is 5.98. The maximum Gasteiger partial charge on any atom is 0.241 e. The van der Waals surface area contributed by atoms with Gasteiger partial charge in [0.1, 0.15) is 18.0 Å². The lowest BCUT2D eigenvalue weighted by Gasteiger charge is -2.33. The molecule has 1 amide bonds. The van der Waals surface area contributed by atoms with Crippen LogP contribution >= 0.6 is 0 Å². The molecule has 1 saturated heterocycles. The van der Waals surface area contributed by atoms with Crippen molar-refractivity contribution in [1.29, 1.82) is 0 Å². The lowest BCUT2D eigenvalue weighted by atomic mass is 10.2. The highest BCUT2D eigenvalue weighted by Crippen LogP contribution is 2.20. The van der Waals surface area contributed by atoms with Gasteiger partial charge in [0.05, 0.1) is 13.2 Å². The summed E-state index contributed by atoms with van der Waals surface area (Å²) in [7, 11) is 1.81. The average Bonchev–Trinajstić information content (AvgIpc) is 2.65. The van der Waals surface area contributed by atoms with Gasteiger partial charge < -0.3 is 19.8 Å². The van der Waals surface area contributed by atoms with Gasteiger partial charge in [-0.25, -0.2) is 9.97 Å². The quantitative estimate of drug-likeness (QED) is 0.800. The molecule has 2 aromatic heterocycles. The standard InChI is InChI=1S/C17H22N6O2/c1-21-5-6-22(12-17(21)25)15-9-16(20-13-19-15)23(7-8-24)11-14-3-2-4-18-10-14/h2-4,9-10,13,24H,5-8,11-12H2,1H3. The summed E-state index contributed by atoms with van der Waals surface area (Å²) >= 11 is 0. The molecule has 1 aliphatic rings. The Hall–Kier alpha value is -2.74. The summed E-state index contributed by atoms with van der Waals surface area (Å²) in [5.41, 5.74) is 1.03. The molecule has 0 radical (unpaired) electrons. The van der Waals surface area contributed by atoms with Crippen LogP contribution in [0.15, 0.2) is 36.9 Å². The van der Waals surface area contributed by atoms with E-state index in [1.807, 2.05) is 35.0 Å². The number of nitrogens with zero attached hydrogens (tertiary/aromatic N) is 6. The number of carbonyl (C=O) groups is 1. The summed E-state index contributed by atoms with van der Waals surface area (Å²) in [6.45, 7) is 2.79. The fourth-order valence-electron chi connectivity index (χ4n) is 2.74. The lowest BCUT2D eigenvalue weighted by Crippen LogP contribution is -2.48. The van der Waals surface area contributed by atoms with Crippen molar-refractivity contribution in [3.63, 3.8) is 0 Å². The Morgan fingerprint density at radius 1 is 1.32 bits per heavy atom. The molecule has 8 nitrogen and oxygen atoms in total. The van der Waals surface area contributed by atoms with Crippen LogP contribution in [0, 0.1) is 0 Å². The number of hydrogen-bond acceptors (Lipinski definition) is 7. The van der Waals surface area contributed by atoms with Crippen LogP contribution in [0.1, 0.15) is 5.56 Å². The second kappa shape index (κ2) is 7.89. The van der Waals surface area contributed by atoms with Crippen molar-refractivity contribution in [2.24, 2.45) is 0 Å². The Labute approximate surface area is 146 Å². The van der Waals surface area contributed by atoms with E-state index in [9.17, 15) is 9.90 Å². The van der Waals surface area contributed by atoms with E-state index in [2.05, 4.69) is 15.0 Å². The van der Waals surface area contributed by atoms with Crippen LogP contribution < -0.4 is 9.80 Å². The minimum atomic E-state index is 0.0204. The topological polar surface area (TPSA) is 85.7 Å². The van der Waals surface area contributed by atoms with E-state index in [-0.39, 0.29) is 12.5 Å². The Balaban J connectivity index is 1.79. The summed E-state index contributed by atoms with van der Waals surface area (Å²) in [6.07, 6.45) is 5.03. The number of likely N-dealkylation sites (N-methyl/N-ethyl adjacent to an activating group) is 1. The van der Waals surface area contributed by atoms with Crippen LogP contribution in [-0.2, 0) is 11.3 Å². The molecule has 0 saturated carbocycles. The maximum absolute atomic E-state index is 11.9. The molecule has 0 aromatic carbocycles. The van der Waals surface area contributed by atoms with Gasteiger partial charge in [0.15, 0.2) is 0 Å². The molecule has 0 aliphatic carbocycles. The van der Waals surface area contributed by atoms with Gasteiger partial charge in [-0.05, 0) is 11.6 Å². The van der Waals surface area contributed by atoms with E-state index in [4.69, 9.17) is 0 Å². The lowest BCUT2D eigenvalue weighted by molar-refractivity contribution is -0.129. The fraction of sp³-hybridized carbons (Fsp3) is 0.412. The number of amides is 1. The maximum atomic E-state index is 11.9. The SMILES string of the molecule is CN1CCN(c2cc(N(CCO)Cc3cccnc3)ncn2)CC1=O. The first kappa shape index (κ1) is 17.1. The molecular formula is C17H22N6O2. The monoisotopic (exact) mass is 342 g/mol. The number of carbonyl (C=O) groups excluding carboxylic acids is 1. The zero-order valence-corrected chi connectivity index (χ0v) is 14.2. The molecule has 0 bridgehead atoms. The Bertz CT molecular complexity index is 711. The minimum Gasteiger partial charge on any atom is -0.395 e. The van der Waals surface area contributed by atoms with E-state index in [1.54, 1.807) is 17.3 Å². The first-order valence-corrected chi connectivity index (χ1v) is 8.23. The van der Waals surface area contributed by atoms with E-state index < -0.39 is 0 Å². The molecule has 3 heterocycles. The van der Waals surface area contributed by atoms with Crippen LogP contribution in [0.3, 0.4) is 0 Å². The van der Waals surface area contributed by atoms with Gasteiger partial charge in [0.25, 0.3) is 0 Å². The highest BCUT2D eigenvalue weighted by Gasteiger charge is 2.22. The number of hydrogen-bond donors (Lipinski definition) is 1. The summed E-state index contributed by atoms with van der Waals surface area (Å²) in [4.78, 5) is 30.4. The molecule has 3 rings (SSSR count). The van der Waals surface area contributed by atoms with E-state index >= 15 is 0 Å². The average molecular weight is 342 g/mol. The third-order valence-electron chi connectivity index (χ3n) is 4.21. The number of anilines is 2. The van der Waals surface area contributed by atoms with Crippen LogP contribution in [0.25, 0.3) is 0 Å². The van der Waals surface area contributed by atoms with Crippen molar-refractivity contribution in [2.75, 3.05) is 49.6 Å². The van der Waals surface area contributed by atoms with E-state index in [0.29, 0.717) is 32.0 Å². The molecule has 0 unspecified atom stereocenters. The van der Waals surface area contributed by atoms with Crippen molar-refractivity contribution < 1.29 is 9.90 Å². The fourth-order valence-corrected chi connectivity index (χ4v) is 2.74. The highest BCUT2D eigenvalue weighted by molar-refractivity contribution is 5.82. The van der Waals surface area contributed by atoms with Crippen molar-refractivity contribution in [3.8, 4) is 0 Å². The molecule has 8 heteroatoms. The molecule has 25 heavy (non-hydrogen) atoms. The van der Waals surface area contributed by atoms with Crippen molar-refractivity contribution >= 4 is 17.5 Å². The van der Waals surface area contributed by atoms with Crippen molar-refractivity contribution in [2.45, 2.75) is 6.54 Å². The van der Waals surface area contributed by atoms with Gasteiger partial charge in [-0.15, -0.1) is 0 Å². The molecule has 1 N–H and O–H groups in total. The van der Waals surface area contributed by atoms with Gasteiger partial charge in [0, 0.05) is 51.7 Å². The zero-order chi connectivity index (χ0) is 17.6. The van der Waals surface area contributed by atoms with Gasteiger partial charge in [-0.1, -0.05) is 6.07 Å². The van der Waals surface area contributed by atoms with Crippen molar-refractivity contribution in [1.82, 2.24) is 19.9 Å². The summed E-state index contributed by atoms with van der Waals surface area (Å²) in [5.74, 6) is 1.52. The van der Waals surface area contributed by atoms with E-state index in [1.165, 1.54) is 6.33 Å². The molecule has 132 valence electrons. The summed E-state index contributed by atoms with van der Waals surface area (Å²) in [6, 6.07) is 5.73. The molecule has 0 atom stereocenters. The first-order valence-electron chi connectivity index (χ1n) is 8.23. The van der Waals surface area contributed by atoms with Crippen molar-refractivity contribution in [3.05, 3.63) is 42.5 Å². The van der Waals surface area contributed by atoms with Gasteiger partial charge in [-0.2, -0.15) is 0 Å². The largest absolute Gasteiger partial charge is 0.395 e. The Morgan fingerprint density at radius 3 is 2.92 bits per heavy atom. The van der Waals surface area contributed by atoms with Gasteiger partial charge >= 0.3 is 0 Å². The highest BCUT2D eigenvalue weighted by atomic mass is 16.3. The third kappa shape index (κ3) is 4.21. The molecule has 1 fully saturated rings. The van der Waals surface area contributed by atoms with Gasteiger partial charge in [-0.3, -0.25) is 9.78 Å². The third-order valence-corrected chi connectivity index (χ3v) is 4.21. The smallest absolute Gasteiger partial charge is 0.241 e. The van der Waals surface area contributed by atoms with Gasteiger partial charge in [0.2, 0.25) is 5.91 Å². The first-order chi connectivity index (χ1) is 12.2. The van der Waals surface area contributed by atoms with Crippen LogP contribution in [0.5, 0.6) is 0 Å². The summed E-state index contributed by atoms with van der Waals surface area (Å²) < 4.78 is 0. The molecule has 2 aromatic rings. The normalized spacial score (nSPS) is 14.7. The number of rotatable bonds is 6. The summed E-state index contributed by atoms with van der Waals surface area (Å²) in [5, 5.41) is 9.40. The number of aliphatic hydroxyl groups is 1. The minimum absolute atomic E-state index is 0.0204. The Morgan fingerprint density at radius 2 is 2.20 bits per heavy atom. The predicted molar refractivity (Wildman–Crippen MR) is 94.3 cm³/mol. The predicted octanol–water partition coefficient (Wildman–Crippen LogP) is 0.149. The van der Waals surface area contributed by atoms with Crippen LogP contribution in [0.2, 0.25) is 0 Å². The molecular weight excluding hydrogens is 320 g/mol. The van der Waals surface area contributed by atoms with Crippen LogP contribution in [0.4, 0.5) is 11.6 Å². The molecule has 1 aliphatic heterocycles.